The van der Waals surface area contributed by atoms with Crippen molar-refractivity contribution in [1.82, 2.24) is 4.98 Å². The van der Waals surface area contributed by atoms with Crippen LogP contribution in [0.2, 0.25) is 0 Å². The van der Waals surface area contributed by atoms with Crippen molar-refractivity contribution in [2.75, 3.05) is 11.5 Å². The standard InChI is InChI=1S/C14H22N4/c1-13(2,3)9-8(7-15)12(17)18-11(10(9)16)14(4,5)6/h16H2,1-6H3,(H2,17,18). The minimum Gasteiger partial charge on any atom is -0.397 e. The van der Waals surface area contributed by atoms with E-state index in [2.05, 4.69) is 11.1 Å². The third kappa shape index (κ3) is 2.40. The Morgan fingerprint density at radius 1 is 1.00 bits per heavy atom. The van der Waals surface area contributed by atoms with Crippen LogP contribution in [0.1, 0.15) is 58.4 Å². The molecule has 1 aromatic heterocycles. The fourth-order valence-corrected chi connectivity index (χ4v) is 2.08. The van der Waals surface area contributed by atoms with Gasteiger partial charge in [-0.05, 0) is 5.41 Å². The Kier molecular flexibility index (Phi) is 3.31. The van der Waals surface area contributed by atoms with Gasteiger partial charge in [0.05, 0.1) is 16.9 Å². The number of nitriles is 1. The van der Waals surface area contributed by atoms with E-state index in [1.165, 1.54) is 0 Å². The molecule has 4 nitrogen and oxygen atoms in total. The lowest BCUT2D eigenvalue weighted by Crippen LogP contribution is -2.24. The summed E-state index contributed by atoms with van der Waals surface area (Å²) in [5, 5.41) is 9.26. The van der Waals surface area contributed by atoms with Gasteiger partial charge in [0.15, 0.2) is 0 Å². The highest BCUT2D eigenvalue weighted by Crippen LogP contribution is 2.38. The van der Waals surface area contributed by atoms with E-state index in [4.69, 9.17) is 11.5 Å². The fourth-order valence-electron chi connectivity index (χ4n) is 2.08. The lowest BCUT2D eigenvalue weighted by Gasteiger charge is -2.28. The molecular formula is C14H22N4. The summed E-state index contributed by atoms with van der Waals surface area (Å²) >= 11 is 0. The van der Waals surface area contributed by atoms with Crippen LogP contribution in [-0.4, -0.2) is 4.98 Å². The maximum absolute atomic E-state index is 9.26. The molecule has 0 spiro atoms. The maximum Gasteiger partial charge on any atom is 0.142 e. The second-order valence-electron chi connectivity index (χ2n) is 6.62. The third-order valence-electron chi connectivity index (χ3n) is 2.84. The van der Waals surface area contributed by atoms with Gasteiger partial charge >= 0.3 is 0 Å². The van der Waals surface area contributed by atoms with Crippen molar-refractivity contribution in [3.05, 3.63) is 16.8 Å². The first kappa shape index (κ1) is 14.3. The van der Waals surface area contributed by atoms with Crippen LogP contribution in [0.15, 0.2) is 0 Å². The highest BCUT2D eigenvalue weighted by atomic mass is 14.9. The van der Waals surface area contributed by atoms with Gasteiger partial charge in [-0.25, -0.2) is 4.98 Å². The number of rotatable bonds is 0. The van der Waals surface area contributed by atoms with E-state index in [0.717, 1.165) is 11.3 Å². The number of aromatic nitrogens is 1. The normalized spacial score (nSPS) is 12.3. The lowest BCUT2D eigenvalue weighted by molar-refractivity contribution is 0.557. The number of anilines is 2. The Hall–Kier alpha value is -1.76. The van der Waals surface area contributed by atoms with Crippen LogP contribution in [-0.2, 0) is 10.8 Å². The quantitative estimate of drug-likeness (QED) is 0.736. The van der Waals surface area contributed by atoms with Crippen molar-refractivity contribution in [2.24, 2.45) is 0 Å². The summed E-state index contributed by atoms with van der Waals surface area (Å²) in [5.41, 5.74) is 14.2. The molecule has 0 bridgehead atoms. The van der Waals surface area contributed by atoms with Gasteiger partial charge in [-0.1, -0.05) is 41.5 Å². The smallest absolute Gasteiger partial charge is 0.142 e. The number of hydrogen-bond donors (Lipinski definition) is 2. The molecule has 0 radical (unpaired) electrons. The van der Waals surface area contributed by atoms with Crippen molar-refractivity contribution in [1.29, 1.82) is 5.26 Å². The average Bonchev–Trinajstić information content (AvgIpc) is 2.16. The molecule has 0 unspecified atom stereocenters. The Balaban J connectivity index is 3.79. The van der Waals surface area contributed by atoms with Gasteiger partial charge < -0.3 is 11.5 Å². The molecule has 0 aliphatic heterocycles. The Bertz CT molecular complexity index is 511. The zero-order chi connectivity index (χ0) is 14.3. The van der Waals surface area contributed by atoms with E-state index in [9.17, 15) is 5.26 Å². The Labute approximate surface area is 109 Å². The largest absolute Gasteiger partial charge is 0.397 e. The van der Waals surface area contributed by atoms with E-state index in [1.54, 1.807) is 0 Å². The van der Waals surface area contributed by atoms with Gasteiger partial charge in [0.25, 0.3) is 0 Å². The number of pyridine rings is 1. The number of nitrogens with zero attached hydrogens (tertiary/aromatic N) is 2. The topological polar surface area (TPSA) is 88.7 Å². The molecule has 0 saturated heterocycles. The zero-order valence-electron chi connectivity index (χ0n) is 12.0. The van der Waals surface area contributed by atoms with Crippen LogP contribution < -0.4 is 11.5 Å². The fraction of sp³-hybridized carbons (Fsp3) is 0.571. The first-order valence-electron chi connectivity index (χ1n) is 6.00. The van der Waals surface area contributed by atoms with E-state index in [1.807, 2.05) is 41.5 Å². The molecular weight excluding hydrogens is 224 g/mol. The van der Waals surface area contributed by atoms with Crippen molar-refractivity contribution < 1.29 is 0 Å². The van der Waals surface area contributed by atoms with Crippen LogP contribution in [0.25, 0.3) is 0 Å². The molecule has 0 aliphatic rings. The summed E-state index contributed by atoms with van der Waals surface area (Å²) in [6, 6.07) is 2.12. The van der Waals surface area contributed by atoms with Gasteiger partial charge in [-0.3, -0.25) is 0 Å². The highest BCUT2D eigenvalue weighted by molar-refractivity contribution is 5.68. The first-order valence-corrected chi connectivity index (χ1v) is 6.00. The summed E-state index contributed by atoms with van der Waals surface area (Å²) in [7, 11) is 0. The zero-order valence-corrected chi connectivity index (χ0v) is 12.0. The van der Waals surface area contributed by atoms with E-state index in [-0.39, 0.29) is 16.6 Å². The molecule has 0 aliphatic carbocycles. The molecule has 4 N–H and O–H groups in total. The van der Waals surface area contributed by atoms with Gasteiger partial charge in [-0.15, -0.1) is 0 Å². The second-order valence-corrected chi connectivity index (χ2v) is 6.62. The monoisotopic (exact) mass is 246 g/mol. The number of nitrogens with two attached hydrogens (primary N) is 2. The van der Waals surface area contributed by atoms with Gasteiger partial charge in [0.1, 0.15) is 11.9 Å². The van der Waals surface area contributed by atoms with Crippen LogP contribution >= 0.6 is 0 Å². The second kappa shape index (κ2) is 4.16. The summed E-state index contributed by atoms with van der Waals surface area (Å²) in [6.45, 7) is 12.2. The minimum atomic E-state index is -0.244. The summed E-state index contributed by atoms with van der Waals surface area (Å²) < 4.78 is 0. The number of nitrogen functional groups attached to an aromatic ring is 2. The van der Waals surface area contributed by atoms with Crippen LogP contribution in [0.3, 0.4) is 0 Å². The average molecular weight is 246 g/mol. The Morgan fingerprint density at radius 2 is 1.50 bits per heavy atom. The van der Waals surface area contributed by atoms with Gasteiger partial charge in [0.2, 0.25) is 0 Å². The molecule has 98 valence electrons. The number of hydrogen-bond acceptors (Lipinski definition) is 4. The lowest BCUT2D eigenvalue weighted by atomic mass is 9.79. The molecule has 4 heteroatoms. The van der Waals surface area contributed by atoms with Gasteiger partial charge in [-0.2, -0.15) is 5.26 Å². The van der Waals surface area contributed by atoms with Crippen LogP contribution in [0.4, 0.5) is 11.5 Å². The molecule has 0 fully saturated rings. The van der Waals surface area contributed by atoms with Crippen molar-refractivity contribution in [3.63, 3.8) is 0 Å². The van der Waals surface area contributed by atoms with E-state index < -0.39 is 0 Å². The molecule has 0 aromatic carbocycles. The summed E-state index contributed by atoms with van der Waals surface area (Å²) in [4.78, 5) is 4.32. The highest BCUT2D eigenvalue weighted by Gasteiger charge is 2.29. The SMILES string of the molecule is CC(C)(C)c1nc(N)c(C#N)c(C(C)(C)C)c1N. The molecule has 1 rings (SSSR count). The van der Waals surface area contributed by atoms with Crippen LogP contribution in [0.5, 0.6) is 0 Å². The van der Waals surface area contributed by atoms with Crippen molar-refractivity contribution >= 4 is 11.5 Å². The molecule has 0 atom stereocenters. The van der Waals surface area contributed by atoms with Gasteiger partial charge in [0, 0.05) is 11.0 Å². The van der Waals surface area contributed by atoms with Crippen molar-refractivity contribution in [3.8, 4) is 6.07 Å². The summed E-state index contributed by atoms with van der Waals surface area (Å²) in [5.74, 6) is 0.265. The predicted octanol–water partition coefficient (Wildman–Crippen LogP) is 2.71. The molecule has 1 aromatic rings. The minimum absolute atomic E-state index is 0.202. The molecule has 1 heterocycles. The molecule has 0 amide bonds. The Morgan fingerprint density at radius 3 is 1.83 bits per heavy atom. The van der Waals surface area contributed by atoms with Crippen LogP contribution in [0, 0.1) is 11.3 Å². The maximum atomic E-state index is 9.26. The van der Waals surface area contributed by atoms with E-state index in [0.29, 0.717) is 11.3 Å². The van der Waals surface area contributed by atoms with E-state index >= 15 is 0 Å². The predicted molar refractivity (Wildman–Crippen MR) is 75.2 cm³/mol. The molecule has 18 heavy (non-hydrogen) atoms. The first-order chi connectivity index (χ1) is 8.00. The van der Waals surface area contributed by atoms with Crippen molar-refractivity contribution in [2.45, 2.75) is 52.4 Å². The molecule has 0 saturated carbocycles. The summed E-state index contributed by atoms with van der Waals surface area (Å²) in [6.07, 6.45) is 0. The third-order valence-corrected chi connectivity index (χ3v) is 2.84.